The van der Waals surface area contributed by atoms with Gasteiger partial charge in [-0.2, -0.15) is 0 Å². The summed E-state index contributed by atoms with van der Waals surface area (Å²) < 4.78 is 5.46. The predicted octanol–water partition coefficient (Wildman–Crippen LogP) is 1.09. The lowest BCUT2D eigenvalue weighted by atomic mass is 9.81. The Hall–Kier alpha value is -0.320. The lowest BCUT2D eigenvalue weighted by molar-refractivity contribution is -0.132. The highest BCUT2D eigenvalue weighted by Crippen LogP contribution is 2.26. The molecule has 0 saturated carbocycles. The van der Waals surface area contributed by atoms with Gasteiger partial charge in [-0.05, 0) is 39.7 Å². The van der Waals surface area contributed by atoms with Crippen molar-refractivity contribution in [1.82, 2.24) is 10.6 Å². The third kappa shape index (κ3) is 3.33. The number of carbonyl (C=O) groups excluding carboxylic acids is 1. The molecule has 0 aromatic carbocycles. The average molecular weight is 263 g/mol. The van der Waals surface area contributed by atoms with Crippen molar-refractivity contribution >= 4 is 18.3 Å². The molecule has 3 unspecified atom stereocenters. The zero-order chi connectivity index (χ0) is 11.6. The van der Waals surface area contributed by atoms with Gasteiger partial charge in [-0.1, -0.05) is 0 Å². The van der Waals surface area contributed by atoms with Crippen molar-refractivity contribution in [3.8, 4) is 0 Å². The van der Waals surface area contributed by atoms with Gasteiger partial charge in [0.25, 0.3) is 0 Å². The molecule has 1 amide bonds. The van der Waals surface area contributed by atoms with E-state index in [1.165, 1.54) is 0 Å². The van der Waals surface area contributed by atoms with Crippen molar-refractivity contribution in [3.63, 3.8) is 0 Å². The zero-order valence-corrected chi connectivity index (χ0v) is 11.4. The number of hydrogen-bond acceptors (Lipinski definition) is 3. The third-order valence-corrected chi connectivity index (χ3v) is 3.84. The summed E-state index contributed by atoms with van der Waals surface area (Å²) in [5.41, 5.74) is -0.236. The highest BCUT2D eigenvalue weighted by molar-refractivity contribution is 5.85. The molecule has 17 heavy (non-hydrogen) atoms. The van der Waals surface area contributed by atoms with E-state index in [2.05, 4.69) is 17.6 Å². The number of amides is 1. The molecule has 5 heteroatoms. The van der Waals surface area contributed by atoms with Crippen LogP contribution in [0.5, 0.6) is 0 Å². The highest BCUT2D eigenvalue weighted by Gasteiger charge is 2.37. The summed E-state index contributed by atoms with van der Waals surface area (Å²) in [4.78, 5) is 12.2. The Morgan fingerprint density at radius 1 is 1.53 bits per heavy atom. The van der Waals surface area contributed by atoms with E-state index >= 15 is 0 Å². The first-order valence-corrected chi connectivity index (χ1v) is 6.25. The number of rotatable bonds is 2. The topological polar surface area (TPSA) is 50.4 Å². The van der Waals surface area contributed by atoms with E-state index in [1.807, 2.05) is 6.92 Å². The van der Waals surface area contributed by atoms with Crippen LogP contribution >= 0.6 is 12.4 Å². The first-order chi connectivity index (χ1) is 7.62. The summed E-state index contributed by atoms with van der Waals surface area (Å²) in [5.74, 6) is 0.182. The van der Waals surface area contributed by atoms with Crippen molar-refractivity contribution < 1.29 is 9.53 Å². The summed E-state index contributed by atoms with van der Waals surface area (Å²) in [6.45, 7) is 6.67. The molecular weight excluding hydrogens is 240 g/mol. The van der Waals surface area contributed by atoms with Gasteiger partial charge >= 0.3 is 0 Å². The molecule has 0 aromatic heterocycles. The minimum absolute atomic E-state index is 0. The van der Waals surface area contributed by atoms with Crippen molar-refractivity contribution in [2.45, 2.75) is 45.3 Å². The van der Waals surface area contributed by atoms with Gasteiger partial charge in [0.05, 0.1) is 17.6 Å². The van der Waals surface area contributed by atoms with Crippen LogP contribution in [-0.4, -0.2) is 37.7 Å². The van der Waals surface area contributed by atoms with E-state index < -0.39 is 0 Å². The molecule has 2 aliphatic heterocycles. The second kappa shape index (κ2) is 6.03. The summed E-state index contributed by atoms with van der Waals surface area (Å²) >= 11 is 0. The van der Waals surface area contributed by atoms with Gasteiger partial charge < -0.3 is 15.4 Å². The molecule has 4 nitrogen and oxygen atoms in total. The van der Waals surface area contributed by atoms with Crippen LogP contribution in [0.1, 0.15) is 33.1 Å². The molecule has 0 aliphatic carbocycles. The SMILES string of the molecule is CC1OCCC1NC(=O)C1(C)CCCNC1.Cl. The molecule has 3 atom stereocenters. The van der Waals surface area contributed by atoms with Crippen LogP contribution in [0.3, 0.4) is 0 Å². The maximum Gasteiger partial charge on any atom is 0.227 e. The summed E-state index contributed by atoms with van der Waals surface area (Å²) in [6, 6.07) is 0.200. The molecule has 2 saturated heterocycles. The smallest absolute Gasteiger partial charge is 0.227 e. The van der Waals surface area contributed by atoms with Crippen LogP contribution in [0.15, 0.2) is 0 Å². The fourth-order valence-electron chi connectivity index (χ4n) is 2.51. The van der Waals surface area contributed by atoms with Crippen LogP contribution in [-0.2, 0) is 9.53 Å². The van der Waals surface area contributed by atoms with E-state index in [1.54, 1.807) is 0 Å². The normalized spacial score (nSPS) is 37.3. The molecule has 0 radical (unpaired) electrons. The van der Waals surface area contributed by atoms with E-state index in [4.69, 9.17) is 4.74 Å². The number of nitrogens with one attached hydrogen (secondary N) is 2. The lowest BCUT2D eigenvalue weighted by Crippen LogP contribution is -2.52. The summed E-state index contributed by atoms with van der Waals surface area (Å²) in [5, 5.41) is 6.44. The number of piperidine rings is 1. The first kappa shape index (κ1) is 14.7. The molecule has 2 heterocycles. The van der Waals surface area contributed by atoms with Crippen LogP contribution in [0.4, 0.5) is 0 Å². The van der Waals surface area contributed by atoms with Gasteiger partial charge in [-0.15, -0.1) is 12.4 Å². The Kier molecular flexibility index (Phi) is 5.22. The number of halogens is 1. The first-order valence-electron chi connectivity index (χ1n) is 6.25. The summed E-state index contributed by atoms with van der Waals surface area (Å²) in [6.07, 6.45) is 3.16. The predicted molar refractivity (Wildman–Crippen MR) is 69.4 cm³/mol. The van der Waals surface area contributed by atoms with Crippen molar-refractivity contribution in [1.29, 1.82) is 0 Å². The maximum atomic E-state index is 12.2. The van der Waals surface area contributed by atoms with Crippen molar-refractivity contribution in [3.05, 3.63) is 0 Å². The van der Waals surface area contributed by atoms with Gasteiger partial charge in [0.1, 0.15) is 0 Å². The van der Waals surface area contributed by atoms with E-state index in [-0.39, 0.29) is 35.9 Å². The number of ether oxygens (including phenoxy) is 1. The highest BCUT2D eigenvalue weighted by atomic mass is 35.5. The Balaban J connectivity index is 0.00000144. The minimum atomic E-state index is -0.236. The summed E-state index contributed by atoms with van der Waals surface area (Å²) in [7, 11) is 0. The number of hydrogen-bond donors (Lipinski definition) is 2. The minimum Gasteiger partial charge on any atom is -0.376 e. The molecule has 2 aliphatic rings. The Morgan fingerprint density at radius 3 is 2.82 bits per heavy atom. The second-order valence-electron chi connectivity index (χ2n) is 5.29. The van der Waals surface area contributed by atoms with Gasteiger partial charge in [0, 0.05) is 13.2 Å². The van der Waals surface area contributed by atoms with Crippen LogP contribution in [0, 0.1) is 5.41 Å². The van der Waals surface area contributed by atoms with Crippen molar-refractivity contribution in [2.75, 3.05) is 19.7 Å². The Morgan fingerprint density at radius 2 is 2.29 bits per heavy atom. The second-order valence-corrected chi connectivity index (χ2v) is 5.29. The largest absolute Gasteiger partial charge is 0.376 e. The zero-order valence-electron chi connectivity index (χ0n) is 10.6. The third-order valence-electron chi connectivity index (χ3n) is 3.84. The van der Waals surface area contributed by atoms with Crippen LogP contribution in [0.25, 0.3) is 0 Å². The molecule has 2 rings (SSSR count). The van der Waals surface area contributed by atoms with Gasteiger partial charge in [-0.3, -0.25) is 4.79 Å². The number of carbonyl (C=O) groups is 1. The lowest BCUT2D eigenvalue weighted by Gasteiger charge is -2.34. The average Bonchev–Trinajstić information content (AvgIpc) is 2.65. The van der Waals surface area contributed by atoms with Crippen LogP contribution < -0.4 is 10.6 Å². The molecular formula is C12H23ClN2O2. The van der Waals surface area contributed by atoms with E-state index in [0.29, 0.717) is 0 Å². The van der Waals surface area contributed by atoms with Gasteiger partial charge in [0.2, 0.25) is 5.91 Å². The van der Waals surface area contributed by atoms with Gasteiger partial charge in [-0.25, -0.2) is 0 Å². The van der Waals surface area contributed by atoms with E-state index in [0.717, 1.165) is 39.0 Å². The Labute approximate surface area is 109 Å². The Bertz CT molecular complexity index is 267. The molecule has 0 spiro atoms. The molecule has 0 aromatic rings. The van der Waals surface area contributed by atoms with Crippen LogP contribution in [0.2, 0.25) is 0 Å². The van der Waals surface area contributed by atoms with Crippen molar-refractivity contribution in [2.24, 2.45) is 5.41 Å². The quantitative estimate of drug-likeness (QED) is 0.783. The monoisotopic (exact) mass is 262 g/mol. The molecule has 0 bridgehead atoms. The standard InChI is InChI=1S/C12H22N2O2.ClH/c1-9-10(4-7-16-9)14-11(15)12(2)5-3-6-13-8-12;/h9-10,13H,3-8H2,1-2H3,(H,14,15);1H. The maximum absolute atomic E-state index is 12.2. The molecule has 2 fully saturated rings. The molecule has 2 N–H and O–H groups in total. The fourth-order valence-corrected chi connectivity index (χ4v) is 2.51. The molecule has 100 valence electrons. The fraction of sp³-hybridized carbons (Fsp3) is 0.917. The van der Waals surface area contributed by atoms with E-state index in [9.17, 15) is 4.79 Å². The van der Waals surface area contributed by atoms with Gasteiger partial charge in [0.15, 0.2) is 0 Å².